The van der Waals surface area contributed by atoms with Crippen LogP contribution in [0.1, 0.15) is 25.5 Å². The molecule has 1 saturated heterocycles. The number of hydrogen-bond acceptors (Lipinski definition) is 3. The molecule has 1 aromatic rings. The van der Waals surface area contributed by atoms with Gasteiger partial charge in [0, 0.05) is 44.3 Å². The van der Waals surface area contributed by atoms with Crippen molar-refractivity contribution >= 4 is 11.6 Å². The van der Waals surface area contributed by atoms with Crippen LogP contribution in [0.4, 0.5) is 0 Å². The van der Waals surface area contributed by atoms with Crippen LogP contribution >= 0.6 is 11.6 Å². The minimum atomic E-state index is 0.323. The summed E-state index contributed by atoms with van der Waals surface area (Å²) in [6.07, 6.45) is 1.89. The van der Waals surface area contributed by atoms with Crippen LogP contribution in [0.5, 0.6) is 0 Å². The van der Waals surface area contributed by atoms with Gasteiger partial charge in [0.25, 0.3) is 0 Å². The zero-order valence-corrected chi connectivity index (χ0v) is 10.7. The molecule has 0 saturated carbocycles. The van der Waals surface area contributed by atoms with E-state index in [4.69, 9.17) is 11.6 Å². The summed E-state index contributed by atoms with van der Waals surface area (Å²) in [6, 6.07) is 0.323. The van der Waals surface area contributed by atoms with Crippen molar-refractivity contribution in [3.05, 3.63) is 16.9 Å². The summed E-state index contributed by atoms with van der Waals surface area (Å²) in [4.78, 5) is 2.41. The molecule has 4 nitrogen and oxygen atoms in total. The second kappa shape index (κ2) is 5.17. The third-order valence-electron chi connectivity index (χ3n) is 2.90. The van der Waals surface area contributed by atoms with Gasteiger partial charge in [-0.15, -0.1) is 0 Å². The van der Waals surface area contributed by atoms with E-state index in [1.807, 2.05) is 10.9 Å². The Bertz CT molecular complexity index is 342. The molecule has 0 aromatic carbocycles. The lowest BCUT2D eigenvalue weighted by atomic mass is 10.3. The van der Waals surface area contributed by atoms with Gasteiger partial charge in [-0.25, -0.2) is 0 Å². The zero-order valence-electron chi connectivity index (χ0n) is 9.91. The fourth-order valence-electron chi connectivity index (χ4n) is 1.96. The van der Waals surface area contributed by atoms with Crippen molar-refractivity contribution in [1.82, 2.24) is 20.0 Å². The first-order valence-corrected chi connectivity index (χ1v) is 6.21. The minimum Gasteiger partial charge on any atom is -0.314 e. The fraction of sp³-hybridized carbons (Fsp3) is 0.727. The van der Waals surface area contributed by atoms with Gasteiger partial charge >= 0.3 is 0 Å². The molecule has 1 aliphatic rings. The van der Waals surface area contributed by atoms with Gasteiger partial charge < -0.3 is 5.32 Å². The Morgan fingerprint density at radius 2 is 2.12 bits per heavy atom. The van der Waals surface area contributed by atoms with Crippen LogP contribution in [0.3, 0.4) is 0 Å². The second-order valence-corrected chi connectivity index (χ2v) is 4.88. The standard InChI is InChI=1S/C11H19ClN4/c1-9(2)16-11(12)10(7-14-16)8-15-5-3-13-4-6-15/h7,9,13H,3-6,8H2,1-2H3. The first-order valence-electron chi connectivity index (χ1n) is 5.83. The minimum absolute atomic E-state index is 0.323. The molecule has 1 aromatic heterocycles. The highest BCUT2D eigenvalue weighted by Crippen LogP contribution is 2.20. The van der Waals surface area contributed by atoms with Crippen molar-refractivity contribution in [3.63, 3.8) is 0 Å². The van der Waals surface area contributed by atoms with E-state index >= 15 is 0 Å². The lowest BCUT2D eigenvalue weighted by Gasteiger charge is -2.26. The summed E-state index contributed by atoms with van der Waals surface area (Å²) in [6.45, 7) is 9.40. The second-order valence-electron chi connectivity index (χ2n) is 4.53. The largest absolute Gasteiger partial charge is 0.314 e. The summed E-state index contributed by atoms with van der Waals surface area (Å²) in [5.41, 5.74) is 1.14. The van der Waals surface area contributed by atoms with E-state index in [1.165, 1.54) is 0 Å². The summed E-state index contributed by atoms with van der Waals surface area (Å²) in [5, 5.41) is 8.45. The maximum absolute atomic E-state index is 6.30. The molecule has 0 radical (unpaired) electrons. The maximum atomic E-state index is 6.30. The van der Waals surface area contributed by atoms with E-state index in [0.717, 1.165) is 43.4 Å². The number of halogens is 1. The average molecular weight is 243 g/mol. The van der Waals surface area contributed by atoms with Gasteiger partial charge in [0.05, 0.1) is 6.20 Å². The number of piperazine rings is 1. The van der Waals surface area contributed by atoms with Crippen molar-refractivity contribution in [2.75, 3.05) is 26.2 Å². The van der Waals surface area contributed by atoms with Crippen LogP contribution in [-0.2, 0) is 6.54 Å². The molecule has 2 rings (SSSR count). The number of aromatic nitrogens is 2. The molecular formula is C11H19ClN4. The zero-order chi connectivity index (χ0) is 11.5. The molecule has 90 valence electrons. The van der Waals surface area contributed by atoms with Crippen molar-refractivity contribution in [3.8, 4) is 0 Å². The third-order valence-corrected chi connectivity index (χ3v) is 3.31. The molecule has 0 bridgehead atoms. The van der Waals surface area contributed by atoms with Gasteiger partial charge in [-0.2, -0.15) is 5.10 Å². The average Bonchev–Trinajstić information content (AvgIpc) is 2.62. The monoisotopic (exact) mass is 242 g/mol. The van der Waals surface area contributed by atoms with Crippen molar-refractivity contribution in [2.24, 2.45) is 0 Å². The van der Waals surface area contributed by atoms with E-state index in [1.54, 1.807) is 0 Å². The molecule has 5 heteroatoms. The highest BCUT2D eigenvalue weighted by atomic mass is 35.5. The van der Waals surface area contributed by atoms with Gasteiger partial charge in [0.1, 0.15) is 5.15 Å². The lowest BCUT2D eigenvalue weighted by molar-refractivity contribution is 0.233. The molecule has 0 amide bonds. The van der Waals surface area contributed by atoms with E-state index in [-0.39, 0.29) is 0 Å². The Morgan fingerprint density at radius 1 is 1.44 bits per heavy atom. The SMILES string of the molecule is CC(C)n1ncc(CN2CCNCC2)c1Cl. The Labute approximate surface area is 102 Å². The highest BCUT2D eigenvalue weighted by molar-refractivity contribution is 6.30. The fourth-order valence-corrected chi connectivity index (χ4v) is 2.31. The molecule has 2 heterocycles. The van der Waals surface area contributed by atoms with Crippen molar-refractivity contribution < 1.29 is 0 Å². The van der Waals surface area contributed by atoms with Crippen molar-refractivity contribution in [1.29, 1.82) is 0 Å². The smallest absolute Gasteiger partial charge is 0.131 e. The summed E-state index contributed by atoms with van der Waals surface area (Å²) in [7, 11) is 0. The molecule has 0 spiro atoms. The van der Waals surface area contributed by atoms with Crippen LogP contribution < -0.4 is 5.32 Å². The summed E-state index contributed by atoms with van der Waals surface area (Å²) < 4.78 is 1.87. The van der Waals surface area contributed by atoms with Gasteiger partial charge in [-0.05, 0) is 13.8 Å². The number of nitrogens with zero attached hydrogens (tertiary/aromatic N) is 3. The number of hydrogen-bond donors (Lipinski definition) is 1. The molecule has 1 aliphatic heterocycles. The first kappa shape index (κ1) is 11.9. The Morgan fingerprint density at radius 3 is 2.69 bits per heavy atom. The van der Waals surface area contributed by atoms with E-state index in [2.05, 4.69) is 29.2 Å². The first-order chi connectivity index (χ1) is 7.68. The number of nitrogens with one attached hydrogen (secondary N) is 1. The predicted octanol–water partition coefficient (Wildman–Crippen LogP) is 1.52. The molecule has 16 heavy (non-hydrogen) atoms. The topological polar surface area (TPSA) is 33.1 Å². The van der Waals surface area contributed by atoms with Gasteiger partial charge in [0.15, 0.2) is 0 Å². The van der Waals surface area contributed by atoms with E-state index in [9.17, 15) is 0 Å². The lowest BCUT2D eigenvalue weighted by Crippen LogP contribution is -2.42. The van der Waals surface area contributed by atoms with Crippen LogP contribution in [0.2, 0.25) is 5.15 Å². The summed E-state index contributed by atoms with van der Waals surface area (Å²) in [5.74, 6) is 0. The molecule has 0 atom stereocenters. The van der Waals surface area contributed by atoms with Crippen LogP contribution in [-0.4, -0.2) is 40.9 Å². The van der Waals surface area contributed by atoms with Crippen molar-refractivity contribution in [2.45, 2.75) is 26.4 Å². The van der Waals surface area contributed by atoms with Crippen LogP contribution in [0.15, 0.2) is 6.20 Å². The Balaban J connectivity index is 2.03. The van der Waals surface area contributed by atoms with Gasteiger partial charge in [-0.3, -0.25) is 9.58 Å². The summed E-state index contributed by atoms with van der Waals surface area (Å²) >= 11 is 6.30. The number of rotatable bonds is 3. The van der Waals surface area contributed by atoms with Crippen LogP contribution in [0, 0.1) is 0 Å². The normalized spacial score (nSPS) is 18.2. The Kier molecular flexibility index (Phi) is 3.84. The van der Waals surface area contributed by atoms with E-state index in [0.29, 0.717) is 6.04 Å². The molecular weight excluding hydrogens is 224 g/mol. The van der Waals surface area contributed by atoms with Crippen LogP contribution in [0.25, 0.3) is 0 Å². The Hall–Kier alpha value is -0.580. The molecule has 1 fully saturated rings. The quantitative estimate of drug-likeness (QED) is 0.873. The molecule has 0 unspecified atom stereocenters. The predicted molar refractivity (Wildman–Crippen MR) is 65.8 cm³/mol. The van der Waals surface area contributed by atoms with Gasteiger partial charge in [-0.1, -0.05) is 11.6 Å². The molecule has 0 aliphatic carbocycles. The van der Waals surface area contributed by atoms with Gasteiger partial charge in [0.2, 0.25) is 0 Å². The third kappa shape index (κ3) is 2.56. The maximum Gasteiger partial charge on any atom is 0.131 e. The van der Waals surface area contributed by atoms with E-state index < -0.39 is 0 Å². The highest BCUT2D eigenvalue weighted by Gasteiger charge is 2.15. The molecule has 1 N–H and O–H groups in total.